The topological polar surface area (TPSA) is 22.0 Å². The molecule has 66 valence electrons. The first-order valence-corrected chi connectivity index (χ1v) is 4.35. The number of halogens is 4. The largest absolute Gasteiger partial charge is 0.288 e. The van der Waals surface area contributed by atoms with Gasteiger partial charge in [0.2, 0.25) is 5.78 Å². The van der Waals surface area contributed by atoms with Gasteiger partial charge in [-0.1, -0.05) is 34.8 Å². The lowest BCUT2D eigenvalue weighted by atomic mass is 10.3. The molecule has 1 rings (SSSR count). The third kappa shape index (κ3) is 2.07. The molecule has 1 aromatic rings. The molecule has 0 aliphatic carbocycles. The van der Waals surface area contributed by atoms with Gasteiger partial charge in [0, 0.05) is 18.0 Å². The third-order valence-electron chi connectivity index (χ3n) is 1.19. The Balaban J connectivity index is 3.01. The Morgan fingerprint density at radius 1 is 1.42 bits per heavy atom. The summed E-state index contributed by atoms with van der Waals surface area (Å²) >= 11 is 21.6. The minimum atomic E-state index is -1.95. The molecule has 0 aliphatic heterocycles. The summed E-state index contributed by atoms with van der Waals surface area (Å²) in [6, 6.07) is 3.05. The number of alkyl halides is 3. The van der Waals surface area contributed by atoms with Gasteiger partial charge in [-0.25, -0.2) is 0 Å². The molecule has 0 radical (unpaired) electrons. The first kappa shape index (κ1) is 10.2. The Bertz CT molecular complexity index is 301. The van der Waals surface area contributed by atoms with Crippen LogP contribution in [0.25, 0.3) is 0 Å². The van der Waals surface area contributed by atoms with E-state index in [1.54, 1.807) is 6.07 Å². The lowest BCUT2D eigenvalue weighted by molar-refractivity contribution is 0.0991. The molecular weight excluding hydrogens is 244 g/mol. The summed E-state index contributed by atoms with van der Waals surface area (Å²) in [6.45, 7) is 0. The minimum absolute atomic E-state index is 0.150. The van der Waals surface area contributed by atoms with Crippen LogP contribution < -0.4 is 0 Å². The van der Waals surface area contributed by atoms with Crippen LogP contribution in [0, 0.1) is 0 Å². The summed E-state index contributed by atoms with van der Waals surface area (Å²) in [4.78, 5) is 11.2. The van der Waals surface area contributed by atoms with Crippen molar-refractivity contribution in [1.29, 1.82) is 0 Å². The molecule has 0 N–H and O–H groups in total. The quantitative estimate of drug-likeness (QED) is 0.552. The molecule has 1 aromatic heterocycles. The van der Waals surface area contributed by atoms with E-state index >= 15 is 0 Å². The van der Waals surface area contributed by atoms with Crippen molar-refractivity contribution in [3.05, 3.63) is 24.0 Å². The molecule has 0 saturated carbocycles. The van der Waals surface area contributed by atoms with E-state index in [-0.39, 0.29) is 5.69 Å². The molecule has 0 atom stereocenters. The van der Waals surface area contributed by atoms with E-state index in [1.807, 2.05) is 0 Å². The Morgan fingerprint density at radius 3 is 2.33 bits per heavy atom. The summed E-state index contributed by atoms with van der Waals surface area (Å²) in [5.74, 6) is -0.646. The van der Waals surface area contributed by atoms with Crippen LogP contribution in [0.5, 0.6) is 0 Å². The number of Topliss-reactive ketones (excluding diaryl/α,β-unsaturated/α-hetero) is 1. The lowest BCUT2D eigenvalue weighted by Crippen LogP contribution is -2.20. The normalized spacial score (nSPS) is 11.7. The zero-order chi connectivity index (χ0) is 9.35. The van der Waals surface area contributed by atoms with Gasteiger partial charge in [-0.15, -0.1) is 0 Å². The number of hydrogen-bond donors (Lipinski definition) is 0. The van der Waals surface area contributed by atoms with Crippen LogP contribution in [0.1, 0.15) is 10.5 Å². The van der Waals surface area contributed by atoms with E-state index in [1.165, 1.54) is 12.3 Å². The first-order chi connectivity index (χ1) is 5.43. The minimum Gasteiger partial charge on any atom is -0.288 e. The Morgan fingerprint density at radius 2 is 2.00 bits per heavy atom. The molecule has 0 bridgehead atoms. The second kappa shape index (κ2) is 3.46. The van der Waals surface area contributed by atoms with E-state index in [2.05, 4.69) is 0 Å². The number of rotatable bonds is 1. The third-order valence-corrected chi connectivity index (χ3v) is 2.00. The van der Waals surface area contributed by atoms with Crippen molar-refractivity contribution in [1.82, 2.24) is 4.09 Å². The summed E-state index contributed by atoms with van der Waals surface area (Å²) in [5.41, 5.74) is 0.150. The molecule has 0 aromatic carbocycles. The van der Waals surface area contributed by atoms with Gasteiger partial charge in [0.15, 0.2) is 0 Å². The van der Waals surface area contributed by atoms with E-state index in [0.29, 0.717) is 0 Å². The van der Waals surface area contributed by atoms with Crippen LogP contribution >= 0.6 is 46.6 Å². The van der Waals surface area contributed by atoms with Gasteiger partial charge in [0.25, 0.3) is 3.79 Å². The average Bonchev–Trinajstić information content (AvgIpc) is 2.31. The number of carbonyl (C=O) groups is 1. The fraction of sp³-hybridized carbons (Fsp3) is 0.167. The number of ketones is 1. The highest BCUT2D eigenvalue weighted by Crippen LogP contribution is 2.30. The van der Waals surface area contributed by atoms with Crippen molar-refractivity contribution in [2.24, 2.45) is 0 Å². The van der Waals surface area contributed by atoms with Crippen LogP contribution in [-0.4, -0.2) is 13.7 Å². The van der Waals surface area contributed by atoms with E-state index < -0.39 is 9.58 Å². The second-order valence-electron chi connectivity index (χ2n) is 2.03. The maximum absolute atomic E-state index is 11.2. The predicted octanol–water partition coefficient (Wildman–Crippen LogP) is 3.04. The Kier molecular flexibility index (Phi) is 2.94. The van der Waals surface area contributed by atoms with Crippen molar-refractivity contribution in [2.45, 2.75) is 3.79 Å². The van der Waals surface area contributed by atoms with Crippen molar-refractivity contribution in [2.75, 3.05) is 0 Å². The van der Waals surface area contributed by atoms with Gasteiger partial charge in [-0.2, -0.15) is 0 Å². The van der Waals surface area contributed by atoms with Crippen molar-refractivity contribution >= 4 is 52.4 Å². The molecule has 1 heterocycles. The molecule has 0 amide bonds. The molecule has 0 aliphatic rings. The van der Waals surface area contributed by atoms with Crippen molar-refractivity contribution in [3.63, 3.8) is 0 Å². The monoisotopic (exact) mass is 245 g/mol. The second-order valence-corrected chi connectivity index (χ2v) is 4.68. The average molecular weight is 247 g/mol. The van der Waals surface area contributed by atoms with Gasteiger partial charge in [-0.05, 0) is 12.1 Å². The fourth-order valence-corrected chi connectivity index (χ4v) is 1.17. The summed E-state index contributed by atoms with van der Waals surface area (Å²) in [6.07, 6.45) is 1.48. The number of aromatic nitrogens is 1. The van der Waals surface area contributed by atoms with Gasteiger partial charge < -0.3 is 0 Å². The Hall–Kier alpha value is 0.110. The Labute approximate surface area is 89.1 Å². The highest BCUT2D eigenvalue weighted by molar-refractivity contribution is 6.77. The smallest absolute Gasteiger partial charge is 0.255 e. The standard InChI is InChI=1S/C6H3Cl4NO/c7-6(8,9)5(12)4-2-1-3-11(4)10/h1-3H. The highest BCUT2D eigenvalue weighted by Gasteiger charge is 2.33. The van der Waals surface area contributed by atoms with Crippen LogP contribution in [-0.2, 0) is 0 Å². The number of hydrogen-bond acceptors (Lipinski definition) is 1. The first-order valence-electron chi connectivity index (χ1n) is 2.88. The lowest BCUT2D eigenvalue weighted by Gasteiger charge is -2.08. The SMILES string of the molecule is O=C(c1cccn1Cl)C(Cl)(Cl)Cl. The highest BCUT2D eigenvalue weighted by atomic mass is 35.6. The molecule has 0 fully saturated rings. The van der Waals surface area contributed by atoms with Gasteiger partial charge in [0.05, 0.1) is 0 Å². The van der Waals surface area contributed by atoms with E-state index in [9.17, 15) is 4.79 Å². The molecule has 2 nitrogen and oxygen atoms in total. The summed E-state index contributed by atoms with van der Waals surface area (Å²) in [5, 5.41) is 0. The molecule has 12 heavy (non-hydrogen) atoms. The van der Waals surface area contributed by atoms with E-state index in [0.717, 1.165) is 4.09 Å². The van der Waals surface area contributed by atoms with Crippen LogP contribution in [0.15, 0.2) is 18.3 Å². The van der Waals surface area contributed by atoms with Crippen LogP contribution in [0.3, 0.4) is 0 Å². The van der Waals surface area contributed by atoms with Crippen LogP contribution in [0.2, 0.25) is 0 Å². The van der Waals surface area contributed by atoms with Crippen molar-refractivity contribution in [3.8, 4) is 0 Å². The van der Waals surface area contributed by atoms with Gasteiger partial charge >= 0.3 is 0 Å². The molecular formula is C6H3Cl4NO. The van der Waals surface area contributed by atoms with Crippen LogP contribution in [0.4, 0.5) is 0 Å². The summed E-state index contributed by atoms with van der Waals surface area (Å²) in [7, 11) is 0. The number of nitrogens with zero attached hydrogens (tertiary/aromatic N) is 1. The zero-order valence-corrected chi connectivity index (χ0v) is 8.62. The van der Waals surface area contributed by atoms with Crippen molar-refractivity contribution < 1.29 is 4.79 Å². The molecule has 6 heteroatoms. The zero-order valence-electron chi connectivity index (χ0n) is 5.60. The fourth-order valence-electron chi connectivity index (χ4n) is 0.679. The molecule has 0 unspecified atom stereocenters. The van der Waals surface area contributed by atoms with Gasteiger partial charge in [0.1, 0.15) is 5.69 Å². The molecule has 0 spiro atoms. The van der Waals surface area contributed by atoms with Gasteiger partial charge in [-0.3, -0.25) is 8.88 Å². The molecule has 0 saturated heterocycles. The maximum atomic E-state index is 11.2. The number of carbonyl (C=O) groups excluding carboxylic acids is 1. The maximum Gasteiger partial charge on any atom is 0.255 e. The predicted molar refractivity (Wildman–Crippen MR) is 50.3 cm³/mol. The van der Waals surface area contributed by atoms with E-state index in [4.69, 9.17) is 46.6 Å². The summed E-state index contributed by atoms with van der Waals surface area (Å²) < 4.78 is -0.880.